The van der Waals surface area contributed by atoms with Crippen molar-refractivity contribution in [2.45, 2.75) is 68.2 Å². The van der Waals surface area contributed by atoms with Gasteiger partial charge in [0.25, 0.3) is 0 Å². The molecule has 1 saturated carbocycles. The third-order valence-corrected chi connectivity index (χ3v) is 15.2. The fourth-order valence-corrected chi connectivity index (χ4v) is 11.7. The minimum atomic E-state index is -0.990. The van der Waals surface area contributed by atoms with Crippen LogP contribution in [0.1, 0.15) is 79.2 Å². The molecule has 13 heteroatoms. The summed E-state index contributed by atoms with van der Waals surface area (Å²) in [7, 11) is 1.33. The van der Waals surface area contributed by atoms with Gasteiger partial charge in [0, 0.05) is 30.9 Å². The van der Waals surface area contributed by atoms with Gasteiger partial charge in [-0.25, -0.2) is 9.59 Å². The second-order valence-corrected chi connectivity index (χ2v) is 19.1. The van der Waals surface area contributed by atoms with Crippen LogP contribution in [-0.2, 0) is 33.4 Å². The Balaban J connectivity index is 1.03. The SMILES string of the molecule is COC(=O)[C@H](CSC(c1ccccc1)(c1ccccc1)c1ccccc1)NC(=O)C1(CCNC(=O)[C@H](CSCNC(C)=O)NC(=O)OCC2c3ccccc3-c3ccccc32)CCCCC1. The maximum Gasteiger partial charge on any atom is 0.407 e. The molecule has 0 aromatic heterocycles. The molecular formula is C53H58N4O7S2. The summed E-state index contributed by atoms with van der Waals surface area (Å²) in [5.41, 5.74) is 6.59. The summed E-state index contributed by atoms with van der Waals surface area (Å²) in [6, 6.07) is 44.7. The third kappa shape index (κ3) is 11.3. The van der Waals surface area contributed by atoms with E-state index in [0.717, 1.165) is 58.2 Å². The Morgan fingerprint density at radius 2 is 1.20 bits per heavy atom. The van der Waals surface area contributed by atoms with E-state index < -0.39 is 40.2 Å². The normalized spacial score (nSPS) is 14.9. The van der Waals surface area contributed by atoms with Gasteiger partial charge in [-0.2, -0.15) is 0 Å². The van der Waals surface area contributed by atoms with Crippen molar-refractivity contribution in [3.63, 3.8) is 0 Å². The van der Waals surface area contributed by atoms with Crippen molar-refractivity contribution >= 4 is 53.3 Å². The van der Waals surface area contributed by atoms with Crippen molar-refractivity contribution in [2.24, 2.45) is 5.41 Å². The molecule has 0 bridgehead atoms. The minimum Gasteiger partial charge on any atom is -0.467 e. The lowest BCUT2D eigenvalue weighted by Gasteiger charge is -2.38. The number of carbonyl (C=O) groups is 5. The van der Waals surface area contributed by atoms with Crippen LogP contribution in [-0.4, -0.2) is 79.5 Å². The average Bonchev–Trinajstić information content (AvgIpc) is 3.68. The average molecular weight is 927 g/mol. The quantitative estimate of drug-likeness (QED) is 0.0261. The molecule has 5 aromatic carbocycles. The predicted molar refractivity (Wildman–Crippen MR) is 262 cm³/mol. The van der Waals surface area contributed by atoms with E-state index in [4.69, 9.17) is 9.47 Å². The van der Waals surface area contributed by atoms with Gasteiger partial charge in [0.2, 0.25) is 17.7 Å². The zero-order chi connectivity index (χ0) is 46.4. The number of thioether (sulfide) groups is 2. The second kappa shape index (κ2) is 22.9. The van der Waals surface area contributed by atoms with Gasteiger partial charge >= 0.3 is 12.1 Å². The molecule has 2 aliphatic carbocycles. The van der Waals surface area contributed by atoms with Crippen molar-refractivity contribution in [3.8, 4) is 11.1 Å². The van der Waals surface area contributed by atoms with Crippen molar-refractivity contribution in [3.05, 3.63) is 167 Å². The summed E-state index contributed by atoms with van der Waals surface area (Å²) in [6.45, 7) is 1.65. The van der Waals surface area contributed by atoms with Crippen LogP contribution in [0.15, 0.2) is 140 Å². The summed E-state index contributed by atoms with van der Waals surface area (Å²) >= 11 is 2.86. The van der Waals surface area contributed by atoms with Crippen LogP contribution in [0.4, 0.5) is 4.79 Å². The Labute approximate surface area is 396 Å². The monoisotopic (exact) mass is 926 g/mol. The van der Waals surface area contributed by atoms with E-state index in [1.165, 1.54) is 25.8 Å². The minimum absolute atomic E-state index is 0.0850. The number of carbonyl (C=O) groups excluding carboxylic acids is 5. The first kappa shape index (κ1) is 47.9. The number of amides is 4. The standard InChI is InChI=1S/C53H58N4O7S2/c1-37(58)55-36-65-34-46(57-51(62)64-33-45-43-27-15-13-25-41(43)42-26-14-16-28-44(42)45)48(59)54-32-31-52(29-17-6-18-30-52)50(61)56-47(49(60)63-2)35-66-53(38-19-7-3-8-20-38,39-21-9-4-10-22-39)40-23-11-5-12-24-40/h3-5,7-16,19-28,45-47H,6,17-18,29-36H2,1-2H3,(H,54,59)(H,55,58)(H,56,61)(H,57,62)/t46-,47-/m0/s1. The van der Waals surface area contributed by atoms with Crippen LogP contribution in [0.25, 0.3) is 11.1 Å². The first-order chi connectivity index (χ1) is 32.1. The summed E-state index contributed by atoms with van der Waals surface area (Å²) in [5, 5.41) is 11.6. The van der Waals surface area contributed by atoms with Gasteiger partial charge in [0.15, 0.2) is 0 Å². The molecule has 344 valence electrons. The zero-order valence-corrected chi connectivity index (χ0v) is 39.1. The van der Waals surface area contributed by atoms with E-state index in [2.05, 4.69) is 69.8 Å². The highest BCUT2D eigenvalue weighted by Crippen LogP contribution is 2.49. The van der Waals surface area contributed by atoms with Gasteiger partial charge in [-0.15, -0.1) is 23.5 Å². The van der Waals surface area contributed by atoms with E-state index in [9.17, 15) is 24.0 Å². The Kier molecular flexibility index (Phi) is 16.6. The van der Waals surface area contributed by atoms with Gasteiger partial charge in [0.1, 0.15) is 18.7 Å². The topological polar surface area (TPSA) is 152 Å². The number of rotatable bonds is 20. The number of methoxy groups -OCH3 is 1. The molecule has 0 spiro atoms. The number of benzene rings is 5. The Morgan fingerprint density at radius 1 is 0.667 bits per heavy atom. The highest BCUT2D eigenvalue weighted by atomic mass is 32.2. The maximum atomic E-state index is 14.7. The van der Waals surface area contributed by atoms with Crippen molar-refractivity contribution in [2.75, 3.05) is 37.6 Å². The van der Waals surface area contributed by atoms with Gasteiger partial charge in [0.05, 0.1) is 23.1 Å². The highest BCUT2D eigenvalue weighted by Gasteiger charge is 2.43. The van der Waals surface area contributed by atoms with Crippen LogP contribution in [0, 0.1) is 5.41 Å². The smallest absolute Gasteiger partial charge is 0.407 e. The summed E-state index contributed by atoms with van der Waals surface area (Å²) in [6.07, 6.45) is 3.39. The maximum absolute atomic E-state index is 14.7. The van der Waals surface area contributed by atoms with E-state index in [1.807, 2.05) is 91.0 Å². The van der Waals surface area contributed by atoms with Crippen LogP contribution in [0.3, 0.4) is 0 Å². The molecule has 0 aliphatic heterocycles. The van der Waals surface area contributed by atoms with E-state index in [-0.39, 0.29) is 48.3 Å². The molecule has 2 atom stereocenters. The fraction of sp³-hybridized carbons (Fsp3) is 0.340. The van der Waals surface area contributed by atoms with Crippen molar-refractivity contribution < 1.29 is 33.4 Å². The number of nitrogens with one attached hydrogen (secondary N) is 4. The summed E-state index contributed by atoms with van der Waals surface area (Å²) in [5.74, 6) is -0.974. The molecule has 11 nitrogen and oxygen atoms in total. The number of hydrogen-bond donors (Lipinski definition) is 4. The highest BCUT2D eigenvalue weighted by molar-refractivity contribution is 8.00. The van der Waals surface area contributed by atoms with Gasteiger partial charge < -0.3 is 30.7 Å². The molecule has 4 amide bonds. The summed E-state index contributed by atoms with van der Waals surface area (Å²) in [4.78, 5) is 67.2. The zero-order valence-electron chi connectivity index (χ0n) is 37.5. The van der Waals surface area contributed by atoms with Crippen LogP contribution >= 0.6 is 23.5 Å². The third-order valence-electron chi connectivity index (χ3n) is 12.7. The van der Waals surface area contributed by atoms with Gasteiger partial charge in [-0.3, -0.25) is 14.4 Å². The molecule has 66 heavy (non-hydrogen) atoms. The largest absolute Gasteiger partial charge is 0.467 e. The molecule has 2 aliphatic rings. The van der Waals surface area contributed by atoms with Crippen molar-refractivity contribution in [1.82, 2.24) is 21.3 Å². The molecular weight excluding hydrogens is 869 g/mol. The lowest BCUT2D eigenvalue weighted by molar-refractivity contribution is -0.146. The summed E-state index contributed by atoms with van der Waals surface area (Å²) < 4.78 is 10.4. The van der Waals surface area contributed by atoms with Gasteiger partial charge in [-0.1, -0.05) is 159 Å². The Hall–Kier alpha value is -6.05. The number of fused-ring (bicyclic) bond motifs is 3. The van der Waals surface area contributed by atoms with Crippen LogP contribution in [0.2, 0.25) is 0 Å². The number of hydrogen-bond acceptors (Lipinski definition) is 9. The first-order valence-corrected chi connectivity index (χ1v) is 24.7. The molecule has 0 saturated heterocycles. The lowest BCUT2D eigenvalue weighted by Crippen LogP contribution is -2.53. The van der Waals surface area contributed by atoms with Gasteiger partial charge in [-0.05, 0) is 58.2 Å². The van der Waals surface area contributed by atoms with E-state index >= 15 is 0 Å². The van der Waals surface area contributed by atoms with Crippen LogP contribution < -0.4 is 21.3 Å². The number of alkyl carbamates (subject to hydrolysis) is 1. The fourth-order valence-electron chi connectivity index (χ4n) is 9.26. The van der Waals surface area contributed by atoms with Crippen LogP contribution in [0.5, 0.6) is 0 Å². The molecule has 0 radical (unpaired) electrons. The Bertz CT molecular complexity index is 2290. The first-order valence-electron chi connectivity index (χ1n) is 22.6. The molecule has 0 unspecified atom stereocenters. The lowest BCUT2D eigenvalue weighted by atomic mass is 9.71. The molecule has 5 aromatic rings. The second-order valence-electron chi connectivity index (χ2n) is 16.8. The number of esters is 1. The van der Waals surface area contributed by atoms with Crippen molar-refractivity contribution in [1.29, 1.82) is 0 Å². The number of ether oxygens (including phenoxy) is 2. The molecule has 7 rings (SSSR count). The van der Waals surface area contributed by atoms with E-state index in [0.29, 0.717) is 19.3 Å². The molecule has 1 fully saturated rings. The Morgan fingerprint density at radius 3 is 1.73 bits per heavy atom. The van der Waals surface area contributed by atoms with E-state index in [1.54, 1.807) is 11.8 Å². The molecule has 0 heterocycles. The predicted octanol–water partition coefficient (Wildman–Crippen LogP) is 8.56. The molecule has 4 N–H and O–H groups in total.